The minimum atomic E-state index is -4.35. The van der Waals surface area contributed by atoms with Crippen LogP contribution >= 0.6 is 0 Å². The van der Waals surface area contributed by atoms with Crippen LogP contribution in [0.4, 0.5) is 13.2 Å². The van der Waals surface area contributed by atoms with Crippen molar-refractivity contribution in [3.8, 4) is 11.4 Å². The van der Waals surface area contributed by atoms with E-state index in [1.165, 1.54) is 37.8 Å². The summed E-state index contributed by atoms with van der Waals surface area (Å²) in [6, 6.07) is 4.56. The molecule has 0 aliphatic rings. The number of nitrogens with zero attached hydrogens (tertiary/aromatic N) is 4. The van der Waals surface area contributed by atoms with Gasteiger partial charge in [-0.3, -0.25) is 14.6 Å². The van der Waals surface area contributed by atoms with Crippen LogP contribution in [0.5, 0.6) is 0 Å². The summed E-state index contributed by atoms with van der Waals surface area (Å²) in [5.41, 5.74) is 1.47. The number of aromatic nitrogens is 4. The molecule has 24 heavy (non-hydrogen) atoms. The molecule has 0 aliphatic heterocycles. The number of carbonyl (C=O) groups is 1. The van der Waals surface area contributed by atoms with E-state index in [-0.39, 0.29) is 0 Å². The molecule has 0 saturated heterocycles. The van der Waals surface area contributed by atoms with Gasteiger partial charge in [-0.25, -0.2) is 4.79 Å². The van der Waals surface area contributed by atoms with Crippen LogP contribution in [0.1, 0.15) is 10.4 Å². The summed E-state index contributed by atoms with van der Waals surface area (Å²) in [7, 11) is 1.27. The number of pyridine rings is 2. The fraction of sp³-hybridized carbons (Fsp3) is 0.200. The predicted molar refractivity (Wildman–Crippen MR) is 78.2 cm³/mol. The van der Waals surface area contributed by atoms with Crippen molar-refractivity contribution in [2.45, 2.75) is 12.7 Å². The summed E-state index contributed by atoms with van der Waals surface area (Å²) in [4.78, 5) is 19.8. The highest BCUT2D eigenvalue weighted by molar-refractivity contribution is 5.90. The molecule has 3 aromatic rings. The quantitative estimate of drug-likeness (QED) is 0.688. The number of alkyl halides is 3. The number of rotatable bonds is 3. The standard InChI is InChI=1S/C15H11F3N4O2/c1-24-14(23)9-2-3-19-11(4-9)12-5-10-7-22(8-15(16,17)18)21-13(10)6-20-12/h2-7H,8H2,1H3. The highest BCUT2D eigenvalue weighted by atomic mass is 19.4. The zero-order valence-corrected chi connectivity index (χ0v) is 12.4. The number of esters is 1. The first-order valence-corrected chi connectivity index (χ1v) is 6.80. The lowest BCUT2D eigenvalue weighted by molar-refractivity contribution is -0.142. The normalized spacial score (nSPS) is 11.7. The van der Waals surface area contributed by atoms with Crippen LogP contribution in [-0.4, -0.2) is 39.0 Å². The van der Waals surface area contributed by atoms with Gasteiger partial charge in [-0.2, -0.15) is 18.3 Å². The van der Waals surface area contributed by atoms with Gasteiger partial charge in [-0.05, 0) is 18.2 Å². The molecule has 3 heterocycles. The van der Waals surface area contributed by atoms with Crippen LogP contribution in [0.2, 0.25) is 0 Å². The third kappa shape index (κ3) is 3.34. The Morgan fingerprint density at radius 3 is 2.71 bits per heavy atom. The zero-order valence-electron chi connectivity index (χ0n) is 12.4. The van der Waals surface area contributed by atoms with E-state index in [1.807, 2.05) is 0 Å². The zero-order chi connectivity index (χ0) is 17.3. The topological polar surface area (TPSA) is 69.9 Å². The van der Waals surface area contributed by atoms with Crippen molar-refractivity contribution in [3.05, 3.63) is 42.4 Å². The fourth-order valence-electron chi connectivity index (χ4n) is 2.20. The summed E-state index contributed by atoms with van der Waals surface area (Å²) in [6.07, 6.45) is -0.266. The van der Waals surface area contributed by atoms with Gasteiger partial charge in [0.1, 0.15) is 12.1 Å². The first-order chi connectivity index (χ1) is 11.4. The lowest BCUT2D eigenvalue weighted by Crippen LogP contribution is -2.17. The van der Waals surface area contributed by atoms with Crippen LogP contribution in [-0.2, 0) is 11.3 Å². The molecule has 3 rings (SSSR count). The maximum Gasteiger partial charge on any atom is 0.408 e. The Hall–Kier alpha value is -2.97. The van der Waals surface area contributed by atoms with Gasteiger partial charge in [-0.15, -0.1) is 0 Å². The minimum absolute atomic E-state index is 0.303. The lowest BCUT2D eigenvalue weighted by Gasteiger charge is -2.04. The molecule has 0 radical (unpaired) electrons. The van der Waals surface area contributed by atoms with E-state index in [1.54, 1.807) is 6.07 Å². The van der Waals surface area contributed by atoms with Crippen LogP contribution in [0.15, 0.2) is 36.8 Å². The number of hydrogen-bond acceptors (Lipinski definition) is 5. The van der Waals surface area contributed by atoms with E-state index in [0.717, 1.165) is 4.68 Å². The lowest BCUT2D eigenvalue weighted by atomic mass is 10.1. The highest BCUT2D eigenvalue weighted by Gasteiger charge is 2.28. The molecule has 0 amide bonds. The molecule has 0 fully saturated rings. The van der Waals surface area contributed by atoms with E-state index in [4.69, 9.17) is 0 Å². The third-order valence-corrected chi connectivity index (χ3v) is 3.22. The maximum atomic E-state index is 12.4. The first kappa shape index (κ1) is 15.9. The number of hydrogen-bond donors (Lipinski definition) is 0. The first-order valence-electron chi connectivity index (χ1n) is 6.80. The van der Waals surface area contributed by atoms with Gasteiger partial charge in [0.05, 0.1) is 30.3 Å². The Labute approximate surface area is 133 Å². The molecule has 0 aliphatic carbocycles. The minimum Gasteiger partial charge on any atom is -0.465 e. The van der Waals surface area contributed by atoms with Gasteiger partial charge in [-0.1, -0.05) is 0 Å². The molecule has 0 saturated carbocycles. The molecule has 0 atom stereocenters. The highest BCUT2D eigenvalue weighted by Crippen LogP contribution is 2.23. The molecule has 0 unspecified atom stereocenters. The van der Waals surface area contributed by atoms with Gasteiger partial charge in [0, 0.05) is 17.8 Å². The monoisotopic (exact) mass is 336 g/mol. The van der Waals surface area contributed by atoms with Crippen molar-refractivity contribution in [1.29, 1.82) is 0 Å². The molecule has 0 bridgehead atoms. The second-order valence-electron chi connectivity index (χ2n) is 4.99. The average molecular weight is 336 g/mol. The smallest absolute Gasteiger partial charge is 0.408 e. The second kappa shape index (κ2) is 5.91. The van der Waals surface area contributed by atoms with Crippen molar-refractivity contribution in [2.75, 3.05) is 7.11 Å². The number of ether oxygens (including phenoxy) is 1. The van der Waals surface area contributed by atoms with Gasteiger partial charge < -0.3 is 4.74 Å². The van der Waals surface area contributed by atoms with Gasteiger partial charge in [0.2, 0.25) is 0 Å². The number of fused-ring (bicyclic) bond motifs is 1. The van der Waals surface area contributed by atoms with Crippen molar-refractivity contribution < 1.29 is 22.7 Å². The largest absolute Gasteiger partial charge is 0.465 e. The Balaban J connectivity index is 1.97. The number of carbonyl (C=O) groups excluding carboxylic acids is 1. The molecule has 0 aromatic carbocycles. The summed E-state index contributed by atoms with van der Waals surface area (Å²) < 4.78 is 42.8. The Kier molecular flexibility index (Phi) is 3.92. The molecule has 0 N–H and O–H groups in total. The summed E-state index contributed by atoms with van der Waals surface area (Å²) in [5, 5.41) is 4.33. The Morgan fingerprint density at radius 2 is 2.00 bits per heavy atom. The van der Waals surface area contributed by atoms with Crippen molar-refractivity contribution >= 4 is 16.9 Å². The molecule has 0 spiro atoms. The predicted octanol–water partition coefficient (Wildman–Crippen LogP) is 2.84. The van der Waals surface area contributed by atoms with Crippen molar-refractivity contribution in [3.63, 3.8) is 0 Å². The van der Waals surface area contributed by atoms with E-state index in [9.17, 15) is 18.0 Å². The Morgan fingerprint density at radius 1 is 1.25 bits per heavy atom. The molecule has 124 valence electrons. The van der Waals surface area contributed by atoms with Crippen LogP contribution in [0.3, 0.4) is 0 Å². The Bertz CT molecular complexity index is 905. The molecule has 6 nitrogen and oxygen atoms in total. The van der Waals surface area contributed by atoms with Crippen LogP contribution in [0.25, 0.3) is 22.3 Å². The fourth-order valence-corrected chi connectivity index (χ4v) is 2.20. The van der Waals surface area contributed by atoms with E-state index >= 15 is 0 Å². The average Bonchev–Trinajstić information content (AvgIpc) is 2.93. The SMILES string of the molecule is COC(=O)c1ccnc(-c2cc3cn(CC(F)(F)F)nc3cn2)c1. The van der Waals surface area contributed by atoms with Gasteiger partial charge >= 0.3 is 12.1 Å². The summed E-state index contributed by atoms with van der Waals surface area (Å²) in [6.45, 7) is -1.17. The molecular weight excluding hydrogens is 325 g/mol. The van der Waals surface area contributed by atoms with Gasteiger partial charge in [0.25, 0.3) is 0 Å². The van der Waals surface area contributed by atoms with Crippen molar-refractivity contribution in [1.82, 2.24) is 19.7 Å². The summed E-state index contributed by atoms with van der Waals surface area (Å²) >= 11 is 0. The number of halogens is 3. The van der Waals surface area contributed by atoms with Gasteiger partial charge in [0.15, 0.2) is 0 Å². The van der Waals surface area contributed by atoms with E-state index in [2.05, 4.69) is 19.8 Å². The van der Waals surface area contributed by atoms with Crippen LogP contribution < -0.4 is 0 Å². The molecular formula is C15H11F3N4O2. The third-order valence-electron chi connectivity index (χ3n) is 3.22. The summed E-state index contributed by atoms with van der Waals surface area (Å²) in [5.74, 6) is -0.516. The van der Waals surface area contributed by atoms with E-state index < -0.39 is 18.7 Å². The van der Waals surface area contributed by atoms with Crippen LogP contribution in [0, 0.1) is 0 Å². The van der Waals surface area contributed by atoms with E-state index in [0.29, 0.717) is 27.9 Å². The maximum absolute atomic E-state index is 12.4. The second-order valence-corrected chi connectivity index (χ2v) is 4.99. The number of methoxy groups -OCH3 is 1. The molecule has 3 aromatic heterocycles. The van der Waals surface area contributed by atoms with Crippen molar-refractivity contribution in [2.24, 2.45) is 0 Å². The molecule has 9 heteroatoms.